The van der Waals surface area contributed by atoms with Crippen molar-refractivity contribution in [3.8, 4) is 0 Å². The van der Waals surface area contributed by atoms with Gasteiger partial charge in [-0.2, -0.15) is 0 Å². The minimum absolute atomic E-state index is 0.296. The third-order valence-corrected chi connectivity index (χ3v) is 0.960. The number of carboxylic acids is 2. The van der Waals surface area contributed by atoms with Crippen LogP contribution in [0.1, 0.15) is 33.6 Å². The lowest BCUT2D eigenvalue weighted by atomic mass is 10.2. The molecule has 0 aliphatic carbocycles. The molecule has 94 valence electrons. The fourth-order valence-electron chi connectivity index (χ4n) is 0.516. The average molecular weight is 235 g/mol. The quantitative estimate of drug-likeness (QED) is 0.664. The molecule has 0 unspecified atom stereocenters. The highest BCUT2D eigenvalue weighted by atomic mass is 16.6. The lowest BCUT2D eigenvalue weighted by molar-refractivity contribution is -0.143. The second-order valence-corrected chi connectivity index (χ2v) is 3.82. The molecule has 1 amide bonds. The number of aliphatic carboxylic acids is 2. The smallest absolute Gasteiger partial charge is 0.405 e. The summed E-state index contributed by atoms with van der Waals surface area (Å²) in [5.74, 6) is -2.15. The van der Waals surface area contributed by atoms with E-state index in [1.165, 1.54) is 0 Å². The van der Waals surface area contributed by atoms with Gasteiger partial charge in [-0.1, -0.05) is 0 Å². The van der Waals surface area contributed by atoms with Crippen LogP contribution < -0.4 is 5.73 Å². The van der Waals surface area contributed by atoms with Crippen molar-refractivity contribution in [2.45, 2.75) is 39.2 Å². The summed E-state index contributed by atoms with van der Waals surface area (Å²) in [4.78, 5) is 29.3. The van der Waals surface area contributed by atoms with Gasteiger partial charge in [0.2, 0.25) is 0 Å². The van der Waals surface area contributed by atoms with Gasteiger partial charge in [0.1, 0.15) is 5.60 Å². The minimum atomic E-state index is -1.08. The van der Waals surface area contributed by atoms with E-state index in [0.717, 1.165) is 0 Å². The normalized spacial score (nSPS) is 9.69. The molecule has 4 N–H and O–H groups in total. The lowest BCUT2D eigenvalue weighted by Crippen LogP contribution is -2.27. The third-order valence-electron chi connectivity index (χ3n) is 0.960. The second-order valence-electron chi connectivity index (χ2n) is 3.82. The fourth-order valence-corrected chi connectivity index (χ4v) is 0.516. The molecule has 0 saturated heterocycles. The maximum Gasteiger partial charge on any atom is 0.405 e. The van der Waals surface area contributed by atoms with E-state index in [9.17, 15) is 14.4 Å². The molecule has 0 fully saturated rings. The van der Waals surface area contributed by atoms with E-state index in [-0.39, 0.29) is 12.8 Å². The number of carbonyl (C=O) groups excluding carboxylic acids is 1. The zero-order chi connectivity index (χ0) is 13.4. The zero-order valence-electron chi connectivity index (χ0n) is 9.52. The van der Waals surface area contributed by atoms with Gasteiger partial charge in [-0.05, 0) is 20.8 Å². The van der Waals surface area contributed by atoms with Gasteiger partial charge >= 0.3 is 18.0 Å². The standard InChI is InChI=1S/C5H11NO2.C4H6O4/c1-5(2,3)8-4(6)7;5-3(6)1-2-4(7)8/h1-3H3,(H2,6,7);1-2H2,(H,5,6)(H,7,8). The summed E-state index contributed by atoms with van der Waals surface area (Å²) in [6.07, 6.45) is -1.32. The van der Waals surface area contributed by atoms with E-state index in [4.69, 9.17) is 15.9 Å². The molecule has 0 bridgehead atoms. The fraction of sp³-hybridized carbons (Fsp3) is 0.667. The monoisotopic (exact) mass is 235 g/mol. The highest BCUT2D eigenvalue weighted by Gasteiger charge is 2.12. The highest BCUT2D eigenvalue weighted by molar-refractivity contribution is 5.75. The average Bonchev–Trinajstić information content (AvgIpc) is 1.96. The van der Waals surface area contributed by atoms with Crippen LogP contribution in [-0.2, 0) is 14.3 Å². The molecule has 0 saturated carbocycles. The van der Waals surface area contributed by atoms with Crippen LogP contribution in [0.3, 0.4) is 0 Å². The maximum absolute atomic E-state index is 10.0. The predicted molar refractivity (Wildman–Crippen MR) is 54.9 cm³/mol. The molecule has 7 nitrogen and oxygen atoms in total. The van der Waals surface area contributed by atoms with Crippen LogP contribution in [-0.4, -0.2) is 33.8 Å². The van der Waals surface area contributed by atoms with Gasteiger partial charge in [0.15, 0.2) is 0 Å². The summed E-state index contributed by atoms with van der Waals surface area (Å²) < 4.78 is 4.58. The first-order chi connectivity index (χ1) is 7.04. The molecular weight excluding hydrogens is 218 g/mol. The van der Waals surface area contributed by atoms with Gasteiger partial charge in [-0.15, -0.1) is 0 Å². The largest absolute Gasteiger partial charge is 0.481 e. The molecule has 0 atom stereocenters. The molecule has 0 spiro atoms. The Morgan fingerprint density at radius 1 is 1.06 bits per heavy atom. The molecule has 7 heteroatoms. The third kappa shape index (κ3) is 22.8. The Morgan fingerprint density at radius 3 is 1.44 bits per heavy atom. The molecule has 0 aromatic rings. The SMILES string of the molecule is CC(C)(C)OC(N)=O.O=C(O)CCC(=O)O. The van der Waals surface area contributed by atoms with Crippen molar-refractivity contribution in [1.82, 2.24) is 0 Å². The van der Waals surface area contributed by atoms with Gasteiger partial charge in [0, 0.05) is 0 Å². The second kappa shape index (κ2) is 7.49. The molecule has 0 rings (SSSR count). The van der Waals surface area contributed by atoms with E-state index >= 15 is 0 Å². The van der Waals surface area contributed by atoms with Crippen molar-refractivity contribution < 1.29 is 29.3 Å². The molecule has 0 heterocycles. The summed E-state index contributed by atoms with van der Waals surface area (Å²) in [5, 5.41) is 15.8. The van der Waals surface area contributed by atoms with Crippen molar-refractivity contribution >= 4 is 18.0 Å². The number of carbonyl (C=O) groups is 3. The van der Waals surface area contributed by atoms with Crippen LogP contribution in [0, 0.1) is 0 Å². The first-order valence-electron chi connectivity index (χ1n) is 4.46. The van der Waals surface area contributed by atoms with Crippen molar-refractivity contribution in [1.29, 1.82) is 0 Å². The molecular formula is C9H17NO6. The van der Waals surface area contributed by atoms with Crippen LogP contribution >= 0.6 is 0 Å². The number of hydrogen-bond acceptors (Lipinski definition) is 4. The Kier molecular flexibility index (Phi) is 7.79. The number of primary amides is 1. The Morgan fingerprint density at radius 2 is 1.38 bits per heavy atom. The highest BCUT2D eigenvalue weighted by Crippen LogP contribution is 2.04. The predicted octanol–water partition coefficient (Wildman–Crippen LogP) is 0.816. The Hall–Kier alpha value is -1.79. The van der Waals surface area contributed by atoms with E-state index in [1.54, 1.807) is 20.8 Å². The van der Waals surface area contributed by atoms with E-state index < -0.39 is 23.6 Å². The minimum Gasteiger partial charge on any atom is -0.481 e. The van der Waals surface area contributed by atoms with Crippen molar-refractivity contribution in [3.63, 3.8) is 0 Å². The molecule has 0 aliphatic heterocycles. The van der Waals surface area contributed by atoms with Crippen LogP contribution in [0.25, 0.3) is 0 Å². The first-order valence-corrected chi connectivity index (χ1v) is 4.46. The topological polar surface area (TPSA) is 127 Å². The summed E-state index contributed by atoms with van der Waals surface area (Å²) in [5.41, 5.74) is 4.26. The summed E-state index contributed by atoms with van der Waals surface area (Å²) >= 11 is 0. The molecule has 16 heavy (non-hydrogen) atoms. The first kappa shape index (κ1) is 16.6. The summed E-state index contributed by atoms with van der Waals surface area (Å²) in [6.45, 7) is 5.28. The van der Waals surface area contributed by atoms with E-state index in [1.807, 2.05) is 0 Å². The molecule has 0 aliphatic rings. The Bertz CT molecular complexity index is 241. The van der Waals surface area contributed by atoms with Gasteiger partial charge < -0.3 is 20.7 Å². The van der Waals surface area contributed by atoms with Gasteiger partial charge in [-0.3, -0.25) is 9.59 Å². The summed E-state index contributed by atoms with van der Waals surface area (Å²) in [6, 6.07) is 0. The van der Waals surface area contributed by atoms with E-state index in [2.05, 4.69) is 4.74 Å². The number of nitrogens with two attached hydrogens (primary N) is 1. The van der Waals surface area contributed by atoms with Gasteiger partial charge in [0.05, 0.1) is 12.8 Å². The molecule has 0 radical (unpaired) electrons. The number of rotatable bonds is 3. The Balaban J connectivity index is 0. The van der Waals surface area contributed by atoms with Crippen LogP contribution in [0.15, 0.2) is 0 Å². The number of carboxylic acid groups (broad SMARTS) is 2. The molecule has 0 aromatic heterocycles. The number of ether oxygens (including phenoxy) is 1. The van der Waals surface area contributed by atoms with Crippen molar-refractivity contribution in [3.05, 3.63) is 0 Å². The lowest BCUT2D eigenvalue weighted by Gasteiger charge is -2.16. The van der Waals surface area contributed by atoms with E-state index in [0.29, 0.717) is 0 Å². The zero-order valence-corrected chi connectivity index (χ0v) is 9.52. The van der Waals surface area contributed by atoms with Crippen LogP contribution in [0.4, 0.5) is 4.79 Å². The number of hydrogen-bond donors (Lipinski definition) is 3. The van der Waals surface area contributed by atoms with Crippen molar-refractivity contribution in [2.24, 2.45) is 5.73 Å². The van der Waals surface area contributed by atoms with Crippen LogP contribution in [0.2, 0.25) is 0 Å². The number of amides is 1. The molecule has 0 aromatic carbocycles. The van der Waals surface area contributed by atoms with Gasteiger partial charge in [0.25, 0.3) is 0 Å². The maximum atomic E-state index is 10.0. The van der Waals surface area contributed by atoms with Gasteiger partial charge in [-0.25, -0.2) is 4.79 Å². The Labute approximate surface area is 93.2 Å². The van der Waals surface area contributed by atoms with Crippen molar-refractivity contribution in [2.75, 3.05) is 0 Å². The van der Waals surface area contributed by atoms with Crippen LogP contribution in [0.5, 0.6) is 0 Å². The summed E-state index contributed by atoms with van der Waals surface area (Å²) in [7, 11) is 0.